The summed E-state index contributed by atoms with van der Waals surface area (Å²) in [5, 5.41) is 3.87. The smallest absolute Gasteiger partial charge is 0.298 e. The highest BCUT2D eigenvalue weighted by molar-refractivity contribution is 6.53. The molecular weight excluding hydrogens is 466 g/mol. The van der Waals surface area contributed by atoms with E-state index in [0.717, 1.165) is 68.3 Å². The van der Waals surface area contributed by atoms with Crippen LogP contribution in [0.2, 0.25) is 0 Å². The number of rotatable bonds is 4. The molecule has 0 bridgehead atoms. The highest BCUT2D eigenvalue weighted by Crippen LogP contribution is 2.41. The van der Waals surface area contributed by atoms with Gasteiger partial charge in [-0.2, -0.15) is 4.52 Å². The molecule has 2 saturated heterocycles. The Morgan fingerprint density at radius 3 is 2.35 bits per heavy atom. The average molecular weight is 497 g/mol. The van der Waals surface area contributed by atoms with Gasteiger partial charge in [-0.15, -0.1) is 5.10 Å². The Labute approximate surface area is 220 Å². The van der Waals surface area contributed by atoms with Gasteiger partial charge in [0, 0.05) is 45.1 Å². The predicted molar refractivity (Wildman–Crippen MR) is 154 cm³/mol. The Hall–Kier alpha value is -3.23. The van der Waals surface area contributed by atoms with Crippen LogP contribution >= 0.6 is 0 Å². The van der Waals surface area contributed by atoms with Crippen molar-refractivity contribution >= 4 is 48.5 Å². The van der Waals surface area contributed by atoms with Crippen molar-refractivity contribution in [3.63, 3.8) is 0 Å². The van der Waals surface area contributed by atoms with Crippen molar-refractivity contribution in [1.82, 2.24) is 14.6 Å². The zero-order chi connectivity index (χ0) is 25.9. The standard InChI is InChI=1S/C24H31B4N5O4/c1-14-11-20-29-13-17(31-7-2-8-31)22(34)33(20)30-21(14)32-9-5-15(6-10-32)35-16-3-4-18-19(12-16)37-24(27,28)23(25,26)36-18/h3-4,11-13,15H,2,5-10,25-28H2,1H3. The molecule has 0 aliphatic carbocycles. The van der Waals surface area contributed by atoms with Gasteiger partial charge in [-0.1, -0.05) is 0 Å². The number of anilines is 2. The minimum atomic E-state index is -0.456. The third-order valence-electron chi connectivity index (χ3n) is 8.18. The second kappa shape index (κ2) is 8.67. The van der Waals surface area contributed by atoms with Crippen molar-refractivity contribution < 1.29 is 14.2 Å². The average Bonchev–Trinajstić information content (AvgIpc) is 2.81. The molecule has 0 atom stereocenters. The summed E-state index contributed by atoms with van der Waals surface area (Å²) in [6.45, 7) is 5.41. The van der Waals surface area contributed by atoms with Gasteiger partial charge in [0.25, 0.3) is 5.56 Å². The first kappa shape index (κ1) is 24.1. The second-order valence-corrected chi connectivity index (χ2v) is 11.3. The van der Waals surface area contributed by atoms with Crippen LogP contribution in [-0.4, -0.2) is 89.1 Å². The van der Waals surface area contributed by atoms with E-state index >= 15 is 0 Å². The number of fused-ring (bicyclic) bond motifs is 2. The summed E-state index contributed by atoms with van der Waals surface area (Å²) >= 11 is 0. The normalized spacial score (nSPS) is 20.5. The van der Waals surface area contributed by atoms with E-state index in [1.807, 2.05) is 62.6 Å². The lowest BCUT2D eigenvalue weighted by molar-refractivity contribution is 0.0609. The van der Waals surface area contributed by atoms with Gasteiger partial charge in [0.15, 0.2) is 23.0 Å². The molecule has 9 nitrogen and oxygen atoms in total. The Morgan fingerprint density at radius 1 is 0.973 bits per heavy atom. The lowest BCUT2D eigenvalue weighted by Crippen LogP contribution is -2.65. The summed E-state index contributed by atoms with van der Waals surface area (Å²) in [6, 6.07) is 7.76. The van der Waals surface area contributed by atoms with Gasteiger partial charge in [0.1, 0.15) is 48.9 Å². The van der Waals surface area contributed by atoms with Crippen LogP contribution in [0.5, 0.6) is 17.2 Å². The van der Waals surface area contributed by atoms with Crippen LogP contribution in [0.1, 0.15) is 24.8 Å². The molecule has 13 heteroatoms. The Kier molecular flexibility index (Phi) is 5.65. The summed E-state index contributed by atoms with van der Waals surface area (Å²) in [5.74, 6) is 3.07. The number of aromatic nitrogens is 3. The highest BCUT2D eigenvalue weighted by Gasteiger charge is 2.44. The molecule has 188 valence electrons. The third-order valence-corrected chi connectivity index (χ3v) is 8.18. The van der Waals surface area contributed by atoms with E-state index in [0.29, 0.717) is 17.1 Å². The fourth-order valence-electron chi connectivity index (χ4n) is 5.06. The van der Waals surface area contributed by atoms with Crippen molar-refractivity contribution in [1.29, 1.82) is 0 Å². The SMILES string of the molecule is BC1(B)Oc2ccc(OC3CCN(c4nn5c(=O)c(N6CCC6)cnc5cc4C)CC3)cc2OC1(B)B. The second-order valence-electron chi connectivity index (χ2n) is 11.3. The molecule has 1 aromatic carbocycles. The van der Waals surface area contributed by atoms with Crippen LogP contribution in [-0.2, 0) is 0 Å². The summed E-state index contributed by atoms with van der Waals surface area (Å²) in [7, 11) is 8.16. The van der Waals surface area contributed by atoms with Gasteiger partial charge in [-0.05, 0) is 37.1 Å². The zero-order valence-electron chi connectivity index (χ0n) is 22.3. The molecule has 37 heavy (non-hydrogen) atoms. The van der Waals surface area contributed by atoms with Crippen LogP contribution < -0.4 is 29.6 Å². The van der Waals surface area contributed by atoms with E-state index in [2.05, 4.69) is 14.8 Å². The quantitative estimate of drug-likeness (QED) is 0.394. The Morgan fingerprint density at radius 2 is 1.68 bits per heavy atom. The molecule has 0 N–H and O–H groups in total. The maximum atomic E-state index is 13.1. The molecule has 6 rings (SSSR count). The van der Waals surface area contributed by atoms with Crippen LogP contribution in [0.4, 0.5) is 11.5 Å². The van der Waals surface area contributed by atoms with Gasteiger partial charge >= 0.3 is 0 Å². The number of piperidine rings is 1. The number of hydrogen-bond acceptors (Lipinski definition) is 8. The highest BCUT2D eigenvalue weighted by atomic mass is 16.6. The first-order chi connectivity index (χ1) is 17.6. The predicted octanol–water partition coefficient (Wildman–Crippen LogP) is -1.73. The van der Waals surface area contributed by atoms with E-state index in [-0.39, 0.29) is 11.7 Å². The largest absolute Gasteiger partial charge is 0.499 e. The van der Waals surface area contributed by atoms with E-state index in [9.17, 15) is 4.79 Å². The Balaban J connectivity index is 1.15. The fourth-order valence-corrected chi connectivity index (χ4v) is 5.06. The van der Waals surface area contributed by atoms with Gasteiger partial charge in [-0.25, -0.2) is 4.98 Å². The maximum absolute atomic E-state index is 13.1. The van der Waals surface area contributed by atoms with Crippen LogP contribution in [0.25, 0.3) is 5.65 Å². The molecular formula is C24H31B4N5O4. The molecule has 0 amide bonds. The zero-order valence-corrected chi connectivity index (χ0v) is 22.3. The summed E-state index contributed by atoms with van der Waals surface area (Å²) in [6.07, 6.45) is 4.58. The molecule has 0 unspecified atom stereocenters. The minimum Gasteiger partial charge on any atom is -0.499 e. The van der Waals surface area contributed by atoms with Crippen LogP contribution in [0.15, 0.2) is 35.3 Å². The maximum Gasteiger partial charge on any atom is 0.298 e. The monoisotopic (exact) mass is 497 g/mol. The molecule has 0 saturated carbocycles. The summed E-state index contributed by atoms with van der Waals surface area (Å²) in [5.41, 5.74) is 2.12. The molecule has 2 aromatic heterocycles. The topological polar surface area (TPSA) is 81.4 Å². The van der Waals surface area contributed by atoms with Crippen molar-refractivity contribution in [3.8, 4) is 17.2 Å². The fraction of sp³-hybridized carbons (Fsp3) is 0.458. The number of nitrogens with zero attached hydrogens (tertiary/aromatic N) is 5. The van der Waals surface area contributed by atoms with Crippen molar-refractivity contribution in [2.24, 2.45) is 0 Å². The first-order valence-corrected chi connectivity index (χ1v) is 13.2. The minimum absolute atomic E-state index is 0.0893. The Bertz CT molecular complexity index is 1420. The van der Waals surface area contributed by atoms with E-state index in [1.165, 1.54) is 4.52 Å². The molecule has 3 aliphatic heterocycles. The van der Waals surface area contributed by atoms with Crippen LogP contribution in [0, 0.1) is 6.92 Å². The number of hydrogen-bond donors (Lipinski definition) is 0. The number of benzene rings is 1. The molecule has 0 spiro atoms. The third kappa shape index (κ3) is 4.22. The molecule has 3 aromatic rings. The molecule has 2 fully saturated rings. The first-order valence-electron chi connectivity index (χ1n) is 13.2. The van der Waals surface area contributed by atoms with Gasteiger partial charge in [0.2, 0.25) is 0 Å². The van der Waals surface area contributed by atoms with E-state index < -0.39 is 10.8 Å². The summed E-state index contributed by atoms with van der Waals surface area (Å²) < 4.78 is 20.3. The number of ether oxygens (including phenoxy) is 3. The van der Waals surface area contributed by atoms with Gasteiger partial charge in [0.05, 0.1) is 17.0 Å². The van der Waals surface area contributed by atoms with Gasteiger partial charge < -0.3 is 24.0 Å². The van der Waals surface area contributed by atoms with Crippen molar-refractivity contribution in [3.05, 3.63) is 46.4 Å². The van der Waals surface area contributed by atoms with Crippen molar-refractivity contribution in [2.75, 3.05) is 36.0 Å². The van der Waals surface area contributed by atoms with Gasteiger partial charge in [-0.3, -0.25) is 4.79 Å². The lowest BCUT2D eigenvalue weighted by Gasteiger charge is -2.47. The van der Waals surface area contributed by atoms with Crippen LogP contribution in [0.3, 0.4) is 0 Å². The van der Waals surface area contributed by atoms with E-state index in [4.69, 9.17) is 19.3 Å². The molecule has 5 heterocycles. The molecule has 0 radical (unpaired) electrons. The summed E-state index contributed by atoms with van der Waals surface area (Å²) in [4.78, 5) is 21.9. The van der Waals surface area contributed by atoms with E-state index in [1.54, 1.807) is 6.20 Å². The number of aryl methyl sites for hydroxylation is 1. The molecule has 3 aliphatic rings. The van der Waals surface area contributed by atoms with Crippen molar-refractivity contribution in [2.45, 2.75) is 43.1 Å². The lowest BCUT2D eigenvalue weighted by atomic mass is 9.41.